The molecule has 0 radical (unpaired) electrons. The van der Waals surface area contributed by atoms with Gasteiger partial charge in [-0.3, -0.25) is 4.79 Å². The van der Waals surface area contributed by atoms with Crippen LogP contribution in [0.3, 0.4) is 0 Å². The average molecular weight is 274 g/mol. The molecule has 1 aliphatic carbocycles. The SMILES string of the molecule is O=C(NCC1(CO)CC1)c1coc(Br)c1. The predicted octanol–water partition coefficient (Wildman–Crippen LogP) is 1.54. The smallest absolute Gasteiger partial charge is 0.254 e. The van der Waals surface area contributed by atoms with Crippen molar-refractivity contribution < 1.29 is 14.3 Å². The number of hydrogen-bond donors (Lipinski definition) is 2. The molecule has 0 spiro atoms. The van der Waals surface area contributed by atoms with Crippen LogP contribution < -0.4 is 5.32 Å². The topological polar surface area (TPSA) is 62.5 Å². The van der Waals surface area contributed by atoms with Gasteiger partial charge in [-0.05, 0) is 28.8 Å². The van der Waals surface area contributed by atoms with Gasteiger partial charge in [0.1, 0.15) is 6.26 Å². The molecule has 15 heavy (non-hydrogen) atoms. The van der Waals surface area contributed by atoms with Crippen molar-refractivity contribution in [3.63, 3.8) is 0 Å². The van der Waals surface area contributed by atoms with Crippen molar-refractivity contribution in [2.75, 3.05) is 13.2 Å². The van der Waals surface area contributed by atoms with Gasteiger partial charge in [0, 0.05) is 18.0 Å². The first-order valence-corrected chi connectivity index (χ1v) is 5.58. The minimum Gasteiger partial charge on any atom is -0.457 e. The Bertz CT molecular complexity index is 370. The molecular formula is C10H12BrNO3. The lowest BCUT2D eigenvalue weighted by Gasteiger charge is -2.11. The lowest BCUT2D eigenvalue weighted by Crippen LogP contribution is -2.31. The summed E-state index contributed by atoms with van der Waals surface area (Å²) in [6, 6.07) is 1.62. The first-order valence-electron chi connectivity index (χ1n) is 4.78. The monoisotopic (exact) mass is 273 g/mol. The van der Waals surface area contributed by atoms with E-state index in [0.29, 0.717) is 16.8 Å². The number of halogens is 1. The Morgan fingerprint density at radius 1 is 1.67 bits per heavy atom. The van der Waals surface area contributed by atoms with Crippen molar-refractivity contribution in [1.29, 1.82) is 0 Å². The maximum absolute atomic E-state index is 11.6. The molecule has 2 rings (SSSR count). The number of carbonyl (C=O) groups excluding carboxylic acids is 1. The van der Waals surface area contributed by atoms with Crippen molar-refractivity contribution in [3.05, 3.63) is 22.6 Å². The van der Waals surface area contributed by atoms with E-state index >= 15 is 0 Å². The van der Waals surface area contributed by atoms with Gasteiger partial charge >= 0.3 is 0 Å². The lowest BCUT2D eigenvalue weighted by atomic mass is 10.1. The molecular weight excluding hydrogens is 262 g/mol. The first kappa shape index (κ1) is 10.7. The molecule has 1 heterocycles. The van der Waals surface area contributed by atoms with E-state index in [2.05, 4.69) is 21.2 Å². The minimum atomic E-state index is -0.163. The molecule has 0 aliphatic heterocycles. The minimum absolute atomic E-state index is 0.0589. The van der Waals surface area contributed by atoms with Crippen molar-refractivity contribution in [2.24, 2.45) is 5.41 Å². The Hall–Kier alpha value is -0.810. The number of rotatable bonds is 4. The average Bonchev–Trinajstić information content (AvgIpc) is 2.90. The van der Waals surface area contributed by atoms with Gasteiger partial charge in [-0.15, -0.1) is 0 Å². The van der Waals surface area contributed by atoms with Gasteiger partial charge in [0.25, 0.3) is 5.91 Å². The first-order chi connectivity index (χ1) is 7.15. The van der Waals surface area contributed by atoms with Crippen LogP contribution in [0.1, 0.15) is 23.2 Å². The normalized spacial score (nSPS) is 17.5. The van der Waals surface area contributed by atoms with Gasteiger partial charge in [0.15, 0.2) is 4.67 Å². The third kappa shape index (κ3) is 2.41. The zero-order valence-corrected chi connectivity index (χ0v) is 9.71. The Morgan fingerprint density at radius 3 is 2.87 bits per heavy atom. The highest BCUT2D eigenvalue weighted by Crippen LogP contribution is 2.44. The van der Waals surface area contributed by atoms with E-state index in [0.717, 1.165) is 12.8 Å². The summed E-state index contributed by atoms with van der Waals surface area (Å²) in [5.74, 6) is -0.163. The van der Waals surface area contributed by atoms with Crippen LogP contribution in [0.2, 0.25) is 0 Å². The summed E-state index contributed by atoms with van der Waals surface area (Å²) in [5, 5.41) is 11.9. The van der Waals surface area contributed by atoms with Crippen LogP contribution in [0.25, 0.3) is 0 Å². The maximum atomic E-state index is 11.6. The fourth-order valence-corrected chi connectivity index (χ4v) is 1.71. The molecule has 0 aromatic carbocycles. The number of amides is 1. The van der Waals surface area contributed by atoms with E-state index in [1.165, 1.54) is 6.26 Å². The molecule has 0 bridgehead atoms. The van der Waals surface area contributed by atoms with E-state index in [9.17, 15) is 4.79 Å². The second-order valence-corrected chi connectivity index (χ2v) is 4.76. The molecule has 4 nitrogen and oxygen atoms in total. The van der Waals surface area contributed by atoms with Gasteiger partial charge < -0.3 is 14.8 Å². The molecule has 0 unspecified atom stereocenters. The maximum Gasteiger partial charge on any atom is 0.254 e. The predicted molar refractivity (Wildman–Crippen MR) is 57.5 cm³/mol. The Morgan fingerprint density at radius 2 is 2.40 bits per heavy atom. The number of nitrogens with one attached hydrogen (secondary N) is 1. The molecule has 1 saturated carbocycles. The molecule has 0 atom stereocenters. The van der Waals surface area contributed by atoms with Crippen LogP contribution >= 0.6 is 15.9 Å². The molecule has 2 N–H and O–H groups in total. The van der Waals surface area contributed by atoms with E-state index < -0.39 is 0 Å². The molecule has 1 aromatic heterocycles. The molecule has 1 amide bonds. The zero-order valence-electron chi connectivity index (χ0n) is 8.12. The summed E-state index contributed by atoms with van der Waals surface area (Å²) in [6.07, 6.45) is 3.37. The molecule has 1 fully saturated rings. The third-order valence-electron chi connectivity index (χ3n) is 2.75. The molecule has 1 aromatic rings. The van der Waals surface area contributed by atoms with Gasteiger partial charge in [0.2, 0.25) is 0 Å². The molecule has 5 heteroatoms. The van der Waals surface area contributed by atoms with E-state index in [4.69, 9.17) is 9.52 Å². The van der Waals surface area contributed by atoms with Crippen LogP contribution in [-0.2, 0) is 0 Å². The Kier molecular flexibility index (Phi) is 2.84. The lowest BCUT2D eigenvalue weighted by molar-refractivity contribution is 0.0934. The molecule has 82 valence electrons. The zero-order chi connectivity index (χ0) is 10.9. The number of aliphatic hydroxyl groups excluding tert-OH is 1. The summed E-state index contributed by atoms with van der Waals surface area (Å²) in [6.45, 7) is 0.674. The quantitative estimate of drug-likeness (QED) is 0.875. The number of carbonyl (C=O) groups is 1. The van der Waals surface area contributed by atoms with Crippen molar-refractivity contribution in [3.8, 4) is 0 Å². The highest BCUT2D eigenvalue weighted by molar-refractivity contribution is 9.10. The molecule has 0 saturated heterocycles. The fourth-order valence-electron chi connectivity index (χ4n) is 1.37. The standard InChI is InChI=1S/C10H12BrNO3/c11-8-3-7(4-15-8)9(14)12-5-10(6-13)1-2-10/h3-4,13H,1-2,5-6H2,(H,12,14). The van der Waals surface area contributed by atoms with Crippen LogP contribution in [0, 0.1) is 5.41 Å². The Labute approximate surface area is 95.8 Å². The second kappa shape index (κ2) is 3.98. The van der Waals surface area contributed by atoms with E-state index in [-0.39, 0.29) is 17.9 Å². The summed E-state index contributed by atoms with van der Waals surface area (Å²) in [4.78, 5) is 11.6. The van der Waals surface area contributed by atoms with Crippen molar-refractivity contribution >= 4 is 21.8 Å². The second-order valence-electron chi connectivity index (χ2n) is 3.98. The highest BCUT2D eigenvalue weighted by atomic mass is 79.9. The van der Waals surface area contributed by atoms with Crippen LogP contribution in [0.15, 0.2) is 21.4 Å². The van der Waals surface area contributed by atoms with Gasteiger partial charge in [-0.1, -0.05) is 0 Å². The Balaban J connectivity index is 1.88. The third-order valence-corrected chi connectivity index (χ3v) is 3.16. The van der Waals surface area contributed by atoms with Crippen LogP contribution in [0.4, 0.5) is 0 Å². The number of furan rings is 1. The van der Waals surface area contributed by atoms with Crippen LogP contribution in [-0.4, -0.2) is 24.2 Å². The van der Waals surface area contributed by atoms with Gasteiger partial charge in [-0.2, -0.15) is 0 Å². The summed E-state index contributed by atoms with van der Waals surface area (Å²) < 4.78 is 5.50. The summed E-state index contributed by atoms with van der Waals surface area (Å²) in [7, 11) is 0. The number of aliphatic hydroxyl groups is 1. The molecule has 1 aliphatic rings. The highest BCUT2D eigenvalue weighted by Gasteiger charge is 2.42. The van der Waals surface area contributed by atoms with Crippen molar-refractivity contribution in [1.82, 2.24) is 5.32 Å². The summed E-state index contributed by atoms with van der Waals surface area (Å²) in [5.41, 5.74) is 0.437. The van der Waals surface area contributed by atoms with E-state index in [1.54, 1.807) is 6.07 Å². The van der Waals surface area contributed by atoms with Gasteiger partial charge in [0.05, 0.1) is 12.2 Å². The van der Waals surface area contributed by atoms with Crippen molar-refractivity contribution in [2.45, 2.75) is 12.8 Å². The van der Waals surface area contributed by atoms with E-state index in [1.807, 2.05) is 0 Å². The largest absolute Gasteiger partial charge is 0.457 e. The van der Waals surface area contributed by atoms with Crippen LogP contribution in [0.5, 0.6) is 0 Å². The fraction of sp³-hybridized carbons (Fsp3) is 0.500. The van der Waals surface area contributed by atoms with Gasteiger partial charge in [-0.25, -0.2) is 0 Å². The number of hydrogen-bond acceptors (Lipinski definition) is 3. The summed E-state index contributed by atoms with van der Waals surface area (Å²) >= 11 is 3.13.